The lowest BCUT2D eigenvalue weighted by molar-refractivity contribution is 0.340. The van der Waals surface area contributed by atoms with E-state index in [1.165, 1.54) is 23.5 Å². The lowest BCUT2D eigenvalue weighted by atomic mass is 10.3. The van der Waals surface area contributed by atoms with Crippen molar-refractivity contribution in [3.63, 3.8) is 0 Å². The van der Waals surface area contributed by atoms with Crippen LogP contribution in [0.2, 0.25) is 0 Å². The van der Waals surface area contributed by atoms with Crippen molar-refractivity contribution in [2.45, 2.75) is 18.4 Å². The fourth-order valence-electron chi connectivity index (χ4n) is 2.15. The number of aromatic nitrogens is 2. The predicted octanol–water partition coefficient (Wildman–Crippen LogP) is 3.08. The number of rotatable bonds is 7. The summed E-state index contributed by atoms with van der Waals surface area (Å²) in [6.07, 6.45) is 1.70. The Balaban J connectivity index is 1.67. The van der Waals surface area contributed by atoms with E-state index in [1.54, 1.807) is 18.3 Å². The number of nitrogens with one attached hydrogen (secondary N) is 1. The van der Waals surface area contributed by atoms with Gasteiger partial charge >= 0.3 is 0 Å². The first-order valence-corrected chi connectivity index (χ1v) is 10.0. The zero-order chi connectivity index (χ0) is 17.7. The number of sulfonamides is 1. The van der Waals surface area contributed by atoms with E-state index in [-0.39, 0.29) is 11.4 Å². The Morgan fingerprint density at radius 3 is 2.60 bits per heavy atom. The zero-order valence-electron chi connectivity index (χ0n) is 13.5. The molecule has 8 heteroatoms. The molecule has 130 valence electrons. The first-order chi connectivity index (χ1) is 12.1. The number of pyridine rings is 1. The maximum atomic E-state index is 12.4. The van der Waals surface area contributed by atoms with Crippen molar-refractivity contribution in [3.05, 3.63) is 59.0 Å². The third kappa shape index (κ3) is 4.41. The van der Waals surface area contributed by atoms with Gasteiger partial charge < -0.3 is 4.74 Å². The Hall–Kier alpha value is -2.29. The fraction of sp³-hybridized carbons (Fsp3) is 0.176. The highest BCUT2D eigenvalue weighted by molar-refractivity contribution is 7.89. The summed E-state index contributed by atoms with van der Waals surface area (Å²) in [6, 6.07) is 11.9. The molecule has 3 aromatic rings. The molecule has 0 amide bonds. The Kier molecular flexibility index (Phi) is 5.42. The van der Waals surface area contributed by atoms with E-state index in [0.717, 1.165) is 11.4 Å². The molecular formula is C17H17N3O3S2. The molecule has 0 aliphatic heterocycles. The standard InChI is InChI=1S/C17H17N3O3S2/c1-2-23-13-6-8-14(9-7-13)25(21,22)19-11-17-20-16(12-24-17)15-5-3-4-10-18-15/h3-10,12,19H,2,11H2,1H3. The molecule has 0 aliphatic rings. The Morgan fingerprint density at radius 1 is 1.12 bits per heavy atom. The molecule has 3 rings (SSSR count). The molecule has 2 aromatic heterocycles. The van der Waals surface area contributed by atoms with Crippen molar-refractivity contribution in [3.8, 4) is 17.1 Å². The Labute approximate surface area is 150 Å². The normalized spacial score (nSPS) is 11.4. The van der Waals surface area contributed by atoms with Gasteiger partial charge in [0, 0.05) is 11.6 Å². The topological polar surface area (TPSA) is 81.2 Å². The Bertz CT molecular complexity index is 923. The monoisotopic (exact) mass is 375 g/mol. The Morgan fingerprint density at radius 2 is 1.92 bits per heavy atom. The molecule has 0 fully saturated rings. The summed E-state index contributed by atoms with van der Waals surface area (Å²) >= 11 is 1.39. The number of benzene rings is 1. The largest absolute Gasteiger partial charge is 0.494 e. The summed E-state index contributed by atoms with van der Waals surface area (Å²) in [4.78, 5) is 8.85. The van der Waals surface area contributed by atoms with Crippen molar-refractivity contribution in [2.75, 3.05) is 6.61 Å². The average Bonchev–Trinajstić information content (AvgIpc) is 3.11. The first kappa shape index (κ1) is 17.5. The van der Waals surface area contributed by atoms with Crippen LogP contribution in [-0.2, 0) is 16.6 Å². The highest BCUT2D eigenvalue weighted by Crippen LogP contribution is 2.20. The minimum absolute atomic E-state index is 0.132. The summed E-state index contributed by atoms with van der Waals surface area (Å²) < 4.78 is 32.6. The minimum Gasteiger partial charge on any atom is -0.494 e. The molecule has 1 aromatic carbocycles. The second-order valence-corrected chi connectivity index (χ2v) is 7.78. The molecule has 0 saturated carbocycles. The molecular weight excluding hydrogens is 358 g/mol. The van der Waals surface area contributed by atoms with E-state index in [4.69, 9.17) is 4.74 Å². The van der Waals surface area contributed by atoms with Crippen LogP contribution in [0.1, 0.15) is 11.9 Å². The smallest absolute Gasteiger partial charge is 0.240 e. The number of thiazole rings is 1. The van der Waals surface area contributed by atoms with Crippen LogP contribution >= 0.6 is 11.3 Å². The highest BCUT2D eigenvalue weighted by Gasteiger charge is 2.15. The van der Waals surface area contributed by atoms with E-state index in [1.807, 2.05) is 30.5 Å². The van der Waals surface area contributed by atoms with Crippen molar-refractivity contribution >= 4 is 21.4 Å². The van der Waals surface area contributed by atoms with Crippen LogP contribution in [0, 0.1) is 0 Å². The number of hydrogen-bond donors (Lipinski definition) is 1. The number of hydrogen-bond acceptors (Lipinski definition) is 6. The van der Waals surface area contributed by atoms with Crippen LogP contribution in [0.3, 0.4) is 0 Å². The molecule has 0 saturated heterocycles. The third-order valence-electron chi connectivity index (χ3n) is 3.34. The summed E-state index contributed by atoms with van der Waals surface area (Å²) in [5, 5.41) is 2.54. The van der Waals surface area contributed by atoms with E-state index in [0.29, 0.717) is 17.4 Å². The highest BCUT2D eigenvalue weighted by atomic mass is 32.2. The van der Waals surface area contributed by atoms with Gasteiger partial charge in [-0.3, -0.25) is 4.98 Å². The minimum atomic E-state index is -3.60. The van der Waals surface area contributed by atoms with Gasteiger partial charge in [-0.2, -0.15) is 0 Å². The van der Waals surface area contributed by atoms with Crippen LogP contribution in [0.4, 0.5) is 0 Å². The maximum Gasteiger partial charge on any atom is 0.240 e. The van der Waals surface area contributed by atoms with Gasteiger partial charge in [0.15, 0.2) is 0 Å². The van der Waals surface area contributed by atoms with E-state index in [2.05, 4.69) is 14.7 Å². The average molecular weight is 375 g/mol. The molecule has 0 bridgehead atoms. The number of nitrogens with zero attached hydrogens (tertiary/aromatic N) is 2. The summed E-state index contributed by atoms with van der Waals surface area (Å²) in [5.74, 6) is 0.640. The van der Waals surface area contributed by atoms with Gasteiger partial charge in [0.1, 0.15) is 10.8 Å². The lowest BCUT2D eigenvalue weighted by Gasteiger charge is -2.07. The molecule has 0 atom stereocenters. The van der Waals surface area contributed by atoms with Crippen molar-refractivity contribution < 1.29 is 13.2 Å². The SMILES string of the molecule is CCOc1ccc(S(=O)(=O)NCc2nc(-c3ccccn3)cs2)cc1. The molecule has 25 heavy (non-hydrogen) atoms. The van der Waals surface area contributed by atoms with Crippen LogP contribution in [-0.4, -0.2) is 25.0 Å². The summed E-state index contributed by atoms with van der Waals surface area (Å²) in [6.45, 7) is 2.54. The third-order valence-corrected chi connectivity index (χ3v) is 5.60. The predicted molar refractivity (Wildman–Crippen MR) is 97.0 cm³/mol. The van der Waals surface area contributed by atoms with Gasteiger partial charge in [0.25, 0.3) is 0 Å². The molecule has 6 nitrogen and oxygen atoms in total. The van der Waals surface area contributed by atoms with Gasteiger partial charge in [0.05, 0.1) is 29.4 Å². The quantitative estimate of drug-likeness (QED) is 0.686. The van der Waals surface area contributed by atoms with Crippen molar-refractivity contribution in [1.29, 1.82) is 0 Å². The lowest BCUT2D eigenvalue weighted by Crippen LogP contribution is -2.23. The van der Waals surface area contributed by atoms with Crippen LogP contribution in [0.5, 0.6) is 5.75 Å². The van der Waals surface area contributed by atoms with Gasteiger partial charge in [-0.15, -0.1) is 11.3 Å². The van der Waals surface area contributed by atoms with E-state index in [9.17, 15) is 8.42 Å². The fourth-order valence-corrected chi connectivity index (χ4v) is 3.95. The zero-order valence-corrected chi connectivity index (χ0v) is 15.2. The van der Waals surface area contributed by atoms with E-state index >= 15 is 0 Å². The molecule has 0 unspecified atom stereocenters. The second kappa shape index (κ2) is 7.73. The van der Waals surface area contributed by atoms with Gasteiger partial charge in [-0.1, -0.05) is 6.07 Å². The van der Waals surface area contributed by atoms with E-state index < -0.39 is 10.0 Å². The summed E-state index contributed by atoms with van der Waals surface area (Å²) in [5.41, 5.74) is 1.50. The van der Waals surface area contributed by atoms with Crippen molar-refractivity contribution in [2.24, 2.45) is 0 Å². The molecule has 1 N–H and O–H groups in total. The van der Waals surface area contributed by atoms with Gasteiger partial charge in [-0.25, -0.2) is 18.1 Å². The molecule has 0 aliphatic carbocycles. The van der Waals surface area contributed by atoms with Crippen LogP contribution < -0.4 is 9.46 Å². The van der Waals surface area contributed by atoms with Gasteiger partial charge in [-0.05, 0) is 43.3 Å². The van der Waals surface area contributed by atoms with Gasteiger partial charge in [0.2, 0.25) is 10.0 Å². The maximum absolute atomic E-state index is 12.4. The van der Waals surface area contributed by atoms with Crippen LogP contribution in [0.25, 0.3) is 11.4 Å². The number of ether oxygens (including phenoxy) is 1. The van der Waals surface area contributed by atoms with Crippen LogP contribution in [0.15, 0.2) is 58.9 Å². The second-order valence-electron chi connectivity index (χ2n) is 5.07. The molecule has 0 spiro atoms. The first-order valence-electron chi connectivity index (χ1n) is 7.67. The molecule has 2 heterocycles. The summed E-state index contributed by atoms with van der Waals surface area (Å²) in [7, 11) is -3.60. The van der Waals surface area contributed by atoms with Crippen molar-refractivity contribution in [1.82, 2.24) is 14.7 Å². The molecule has 0 radical (unpaired) electrons.